The van der Waals surface area contributed by atoms with Crippen molar-refractivity contribution in [2.75, 3.05) is 5.32 Å². The molecule has 2 aromatic carbocycles. The quantitative estimate of drug-likeness (QED) is 0.670. The molecule has 3 rings (SSSR count). The van der Waals surface area contributed by atoms with Gasteiger partial charge in [0.05, 0.1) is 5.56 Å². The van der Waals surface area contributed by atoms with Crippen LogP contribution in [0, 0.1) is 0 Å². The summed E-state index contributed by atoms with van der Waals surface area (Å²) in [6.45, 7) is 0.144. The summed E-state index contributed by atoms with van der Waals surface area (Å²) in [6.07, 6.45) is -4.32. The summed E-state index contributed by atoms with van der Waals surface area (Å²) >= 11 is 1.64. The Labute approximate surface area is 124 Å². The summed E-state index contributed by atoms with van der Waals surface area (Å²) in [5, 5.41) is 6.15. The Morgan fingerprint density at radius 3 is 2.62 bits per heavy atom. The molecule has 0 saturated heterocycles. The largest absolute Gasteiger partial charge is 0.416 e. The minimum atomic E-state index is -4.32. The molecule has 5 heteroatoms. The summed E-state index contributed by atoms with van der Waals surface area (Å²) in [6, 6.07) is 13.4. The first-order valence-corrected chi connectivity index (χ1v) is 7.28. The van der Waals surface area contributed by atoms with E-state index in [1.54, 1.807) is 17.4 Å². The molecule has 0 unspecified atom stereocenters. The van der Waals surface area contributed by atoms with E-state index in [0.717, 1.165) is 21.8 Å². The molecule has 1 heterocycles. The normalized spacial score (nSPS) is 11.8. The Kier molecular flexibility index (Phi) is 3.59. The van der Waals surface area contributed by atoms with Crippen LogP contribution in [0.3, 0.4) is 0 Å². The highest BCUT2D eigenvalue weighted by molar-refractivity contribution is 7.17. The van der Waals surface area contributed by atoms with Crippen molar-refractivity contribution < 1.29 is 13.2 Å². The number of hydrogen-bond donors (Lipinski definition) is 1. The van der Waals surface area contributed by atoms with E-state index < -0.39 is 11.7 Å². The van der Waals surface area contributed by atoms with Gasteiger partial charge < -0.3 is 5.32 Å². The molecule has 1 nitrogen and oxygen atoms in total. The molecule has 1 aromatic heterocycles. The Morgan fingerprint density at radius 2 is 1.81 bits per heavy atom. The second kappa shape index (κ2) is 5.41. The highest BCUT2D eigenvalue weighted by atomic mass is 32.1. The van der Waals surface area contributed by atoms with Gasteiger partial charge in [-0.3, -0.25) is 0 Å². The zero-order valence-electron chi connectivity index (χ0n) is 10.9. The zero-order chi connectivity index (χ0) is 14.9. The van der Waals surface area contributed by atoms with Crippen LogP contribution < -0.4 is 5.32 Å². The van der Waals surface area contributed by atoms with Crippen molar-refractivity contribution in [3.63, 3.8) is 0 Å². The lowest BCUT2D eigenvalue weighted by molar-refractivity contribution is -0.138. The molecular formula is C16H12F3NS. The van der Waals surface area contributed by atoms with Crippen molar-refractivity contribution in [3.8, 4) is 0 Å². The van der Waals surface area contributed by atoms with Gasteiger partial charge in [0.1, 0.15) is 0 Å². The first kappa shape index (κ1) is 13.9. The van der Waals surface area contributed by atoms with E-state index in [-0.39, 0.29) is 12.1 Å². The number of hydrogen-bond acceptors (Lipinski definition) is 2. The van der Waals surface area contributed by atoms with Crippen LogP contribution in [0.25, 0.3) is 10.1 Å². The Bertz CT molecular complexity index is 761. The van der Waals surface area contributed by atoms with Gasteiger partial charge in [-0.25, -0.2) is 0 Å². The number of anilines is 1. The summed E-state index contributed by atoms with van der Waals surface area (Å²) in [7, 11) is 0. The lowest BCUT2D eigenvalue weighted by atomic mass is 10.1. The lowest BCUT2D eigenvalue weighted by Crippen LogP contribution is -2.11. The van der Waals surface area contributed by atoms with Crippen LogP contribution in [0.4, 0.5) is 18.9 Å². The Morgan fingerprint density at radius 1 is 1.00 bits per heavy atom. The van der Waals surface area contributed by atoms with Gasteiger partial charge >= 0.3 is 6.18 Å². The summed E-state index contributed by atoms with van der Waals surface area (Å²) in [5.41, 5.74) is 0.474. The third kappa shape index (κ3) is 3.03. The third-order valence-electron chi connectivity index (χ3n) is 3.26. The van der Waals surface area contributed by atoms with Crippen LogP contribution in [0.1, 0.15) is 11.1 Å². The van der Waals surface area contributed by atoms with E-state index in [4.69, 9.17) is 0 Å². The number of alkyl halides is 3. The Balaban J connectivity index is 1.81. The van der Waals surface area contributed by atoms with Gasteiger partial charge in [-0.2, -0.15) is 13.2 Å². The van der Waals surface area contributed by atoms with Crippen molar-refractivity contribution in [2.45, 2.75) is 12.7 Å². The van der Waals surface area contributed by atoms with Crippen molar-refractivity contribution in [1.82, 2.24) is 0 Å². The van der Waals surface area contributed by atoms with E-state index in [0.29, 0.717) is 0 Å². The molecule has 0 atom stereocenters. The third-order valence-corrected chi connectivity index (χ3v) is 4.16. The van der Waals surface area contributed by atoms with E-state index in [1.807, 2.05) is 29.6 Å². The van der Waals surface area contributed by atoms with Gasteiger partial charge in [-0.15, -0.1) is 11.3 Å². The monoisotopic (exact) mass is 307 g/mol. The molecule has 0 aliphatic carbocycles. The fourth-order valence-corrected chi connectivity index (χ4v) is 3.00. The second-order valence-corrected chi connectivity index (χ2v) is 5.63. The van der Waals surface area contributed by atoms with Gasteiger partial charge in [-0.05, 0) is 46.7 Å². The molecule has 1 N–H and O–H groups in total. The molecule has 0 radical (unpaired) electrons. The minimum absolute atomic E-state index is 0.144. The number of rotatable bonds is 3. The predicted octanol–water partition coefficient (Wildman–Crippen LogP) is 5.53. The first-order chi connectivity index (χ1) is 10.0. The number of halogens is 3. The molecule has 0 spiro atoms. The predicted molar refractivity (Wildman–Crippen MR) is 80.6 cm³/mol. The highest BCUT2D eigenvalue weighted by Crippen LogP contribution is 2.32. The summed E-state index contributed by atoms with van der Waals surface area (Å²) in [4.78, 5) is 0. The van der Waals surface area contributed by atoms with Crippen LogP contribution in [-0.2, 0) is 12.7 Å². The molecule has 108 valence electrons. The molecular weight excluding hydrogens is 295 g/mol. The van der Waals surface area contributed by atoms with Gasteiger partial charge in [0, 0.05) is 16.9 Å². The van der Waals surface area contributed by atoms with Gasteiger partial charge in [0.15, 0.2) is 0 Å². The maximum atomic E-state index is 12.9. The van der Waals surface area contributed by atoms with Gasteiger partial charge in [-0.1, -0.05) is 18.2 Å². The number of nitrogens with one attached hydrogen (secondary N) is 1. The second-order valence-electron chi connectivity index (χ2n) is 4.68. The Hall–Kier alpha value is -2.01. The van der Waals surface area contributed by atoms with Gasteiger partial charge in [0.2, 0.25) is 0 Å². The first-order valence-electron chi connectivity index (χ1n) is 6.40. The lowest BCUT2D eigenvalue weighted by Gasteiger charge is -2.14. The van der Waals surface area contributed by atoms with Crippen LogP contribution in [-0.4, -0.2) is 0 Å². The van der Waals surface area contributed by atoms with Crippen LogP contribution in [0.5, 0.6) is 0 Å². The smallest absolute Gasteiger partial charge is 0.381 e. The SMILES string of the molecule is FC(F)(F)c1ccccc1CNc1ccc2sccc2c1. The summed E-state index contributed by atoms with van der Waals surface area (Å²) in [5.74, 6) is 0. The van der Waals surface area contributed by atoms with Crippen molar-refractivity contribution in [3.05, 3.63) is 65.0 Å². The zero-order valence-corrected chi connectivity index (χ0v) is 11.8. The fraction of sp³-hybridized carbons (Fsp3) is 0.125. The van der Waals surface area contributed by atoms with E-state index in [2.05, 4.69) is 5.32 Å². The molecule has 21 heavy (non-hydrogen) atoms. The maximum Gasteiger partial charge on any atom is 0.416 e. The molecule has 0 aliphatic rings. The average Bonchev–Trinajstić information content (AvgIpc) is 2.92. The van der Waals surface area contributed by atoms with Crippen molar-refractivity contribution in [2.24, 2.45) is 0 Å². The fourth-order valence-electron chi connectivity index (χ4n) is 2.22. The molecule has 0 fully saturated rings. The maximum absolute atomic E-state index is 12.9. The highest BCUT2D eigenvalue weighted by Gasteiger charge is 2.32. The number of thiophene rings is 1. The number of fused-ring (bicyclic) bond motifs is 1. The van der Waals surface area contributed by atoms with Crippen LogP contribution in [0.2, 0.25) is 0 Å². The molecule has 0 bridgehead atoms. The minimum Gasteiger partial charge on any atom is -0.381 e. The van der Waals surface area contributed by atoms with Crippen LogP contribution in [0.15, 0.2) is 53.9 Å². The summed E-state index contributed by atoms with van der Waals surface area (Å²) < 4.78 is 39.9. The van der Waals surface area contributed by atoms with E-state index in [1.165, 1.54) is 12.1 Å². The van der Waals surface area contributed by atoms with E-state index in [9.17, 15) is 13.2 Å². The van der Waals surface area contributed by atoms with Crippen LogP contribution >= 0.6 is 11.3 Å². The van der Waals surface area contributed by atoms with E-state index >= 15 is 0 Å². The van der Waals surface area contributed by atoms with Gasteiger partial charge in [0.25, 0.3) is 0 Å². The topological polar surface area (TPSA) is 12.0 Å². The number of benzene rings is 2. The molecule has 0 aliphatic heterocycles. The molecule has 0 amide bonds. The standard InChI is InChI=1S/C16H12F3NS/c17-16(18,19)14-4-2-1-3-12(14)10-20-13-5-6-15-11(9-13)7-8-21-15/h1-9,20H,10H2. The van der Waals surface area contributed by atoms with Crippen molar-refractivity contribution >= 4 is 27.1 Å². The molecule has 0 saturated carbocycles. The van der Waals surface area contributed by atoms with Crippen molar-refractivity contribution in [1.29, 1.82) is 0 Å². The molecule has 3 aromatic rings. The average molecular weight is 307 g/mol.